The Balaban J connectivity index is 1.76. The highest BCUT2D eigenvalue weighted by Gasteiger charge is 2.19. The molecule has 3 aromatic rings. The molecule has 0 aliphatic carbocycles. The Morgan fingerprint density at radius 2 is 2.17 bits per heavy atom. The summed E-state index contributed by atoms with van der Waals surface area (Å²) in [6.07, 6.45) is 1.38. The molecular formula is C15H10F2N2O3S. The van der Waals surface area contributed by atoms with Gasteiger partial charge in [-0.2, -0.15) is 0 Å². The van der Waals surface area contributed by atoms with Crippen LogP contribution >= 0.6 is 11.3 Å². The van der Waals surface area contributed by atoms with E-state index in [1.165, 1.54) is 17.6 Å². The maximum Gasteiger partial charge on any atom is 0.254 e. The lowest BCUT2D eigenvalue weighted by Gasteiger charge is -2.08. The molecule has 8 heteroatoms. The molecule has 2 N–H and O–H groups in total. The maximum absolute atomic E-state index is 14.0. The molecule has 0 bridgehead atoms. The molecule has 0 saturated carbocycles. The van der Waals surface area contributed by atoms with E-state index < -0.39 is 23.1 Å². The monoisotopic (exact) mass is 336 g/mol. The molecular weight excluding hydrogens is 326 g/mol. The minimum atomic E-state index is -1.20. The highest BCUT2D eigenvalue weighted by Crippen LogP contribution is 2.26. The van der Waals surface area contributed by atoms with Crippen LogP contribution in [-0.2, 0) is 6.61 Å². The summed E-state index contributed by atoms with van der Waals surface area (Å²) in [7, 11) is 0. The van der Waals surface area contributed by atoms with Crippen molar-refractivity contribution in [2.24, 2.45) is 5.73 Å². The van der Waals surface area contributed by atoms with Gasteiger partial charge < -0.3 is 14.9 Å². The van der Waals surface area contributed by atoms with E-state index in [4.69, 9.17) is 14.9 Å². The Morgan fingerprint density at radius 1 is 1.35 bits per heavy atom. The Hall–Kier alpha value is -2.74. The van der Waals surface area contributed by atoms with E-state index in [2.05, 4.69) is 4.98 Å². The van der Waals surface area contributed by atoms with Crippen molar-refractivity contribution in [1.82, 2.24) is 4.98 Å². The number of halogens is 2. The number of primary amides is 1. The molecule has 23 heavy (non-hydrogen) atoms. The van der Waals surface area contributed by atoms with Gasteiger partial charge in [0.25, 0.3) is 5.91 Å². The molecule has 0 saturated heterocycles. The van der Waals surface area contributed by atoms with Gasteiger partial charge in [0.1, 0.15) is 29.9 Å². The largest absolute Gasteiger partial charge is 0.484 e. The maximum atomic E-state index is 14.0. The molecule has 3 rings (SSSR count). The minimum absolute atomic E-state index is 0.102. The van der Waals surface area contributed by atoms with Crippen LogP contribution in [0.15, 0.2) is 40.3 Å². The quantitative estimate of drug-likeness (QED) is 0.775. The highest BCUT2D eigenvalue weighted by molar-refractivity contribution is 7.13. The summed E-state index contributed by atoms with van der Waals surface area (Å²) < 4.78 is 37.9. The van der Waals surface area contributed by atoms with E-state index in [0.29, 0.717) is 11.6 Å². The zero-order valence-corrected chi connectivity index (χ0v) is 12.4. The summed E-state index contributed by atoms with van der Waals surface area (Å²) in [6, 6.07) is 5.70. The van der Waals surface area contributed by atoms with Crippen LogP contribution in [0.25, 0.3) is 10.8 Å². The molecule has 118 valence electrons. The number of hydrogen-bond donors (Lipinski definition) is 1. The van der Waals surface area contributed by atoms with Gasteiger partial charge in [-0.25, -0.2) is 13.8 Å². The molecule has 2 aromatic heterocycles. The van der Waals surface area contributed by atoms with Crippen LogP contribution in [0.3, 0.4) is 0 Å². The van der Waals surface area contributed by atoms with E-state index in [-0.39, 0.29) is 12.4 Å². The SMILES string of the molecule is NC(=O)c1c(F)ccc(OCc2coc(-c3cccs3)n2)c1F. The van der Waals surface area contributed by atoms with Crippen molar-refractivity contribution < 1.29 is 22.7 Å². The fourth-order valence-electron chi connectivity index (χ4n) is 1.91. The van der Waals surface area contributed by atoms with Gasteiger partial charge in [-0.05, 0) is 23.6 Å². The lowest BCUT2D eigenvalue weighted by Crippen LogP contribution is -2.16. The lowest BCUT2D eigenvalue weighted by molar-refractivity contribution is 0.0991. The first-order valence-electron chi connectivity index (χ1n) is 6.45. The number of carbonyl (C=O) groups excluding carboxylic acids is 1. The summed E-state index contributed by atoms with van der Waals surface area (Å²) in [5.41, 5.74) is 4.55. The lowest BCUT2D eigenvalue weighted by atomic mass is 10.1. The van der Waals surface area contributed by atoms with Crippen molar-refractivity contribution >= 4 is 17.2 Å². The normalized spacial score (nSPS) is 10.7. The minimum Gasteiger partial charge on any atom is -0.484 e. The predicted octanol–water partition coefficient (Wildman–Crippen LogP) is 3.36. The van der Waals surface area contributed by atoms with Crippen LogP contribution in [-0.4, -0.2) is 10.9 Å². The number of ether oxygens (including phenoxy) is 1. The number of nitrogens with two attached hydrogens (primary N) is 1. The van der Waals surface area contributed by atoms with Crippen LogP contribution in [0.4, 0.5) is 8.78 Å². The number of oxazole rings is 1. The average molecular weight is 336 g/mol. The van der Waals surface area contributed by atoms with Gasteiger partial charge in [0.2, 0.25) is 5.89 Å². The van der Waals surface area contributed by atoms with Crippen LogP contribution < -0.4 is 10.5 Å². The van der Waals surface area contributed by atoms with Crippen molar-refractivity contribution in [2.45, 2.75) is 6.61 Å². The molecule has 1 amide bonds. The fourth-order valence-corrected chi connectivity index (χ4v) is 2.56. The smallest absolute Gasteiger partial charge is 0.254 e. The van der Waals surface area contributed by atoms with Gasteiger partial charge in [-0.1, -0.05) is 6.07 Å². The van der Waals surface area contributed by atoms with E-state index in [1.54, 1.807) is 0 Å². The van der Waals surface area contributed by atoms with Gasteiger partial charge in [0.05, 0.1) is 4.88 Å². The molecule has 0 radical (unpaired) electrons. The van der Waals surface area contributed by atoms with Gasteiger partial charge in [-0.15, -0.1) is 11.3 Å². The van der Waals surface area contributed by atoms with Gasteiger partial charge >= 0.3 is 0 Å². The summed E-state index contributed by atoms with van der Waals surface area (Å²) in [6.45, 7) is -0.102. The number of benzene rings is 1. The zero-order chi connectivity index (χ0) is 16.4. The Kier molecular flexibility index (Phi) is 4.07. The second-order valence-electron chi connectivity index (χ2n) is 4.51. The van der Waals surface area contributed by atoms with Crippen molar-refractivity contribution in [1.29, 1.82) is 0 Å². The van der Waals surface area contributed by atoms with E-state index in [1.807, 2.05) is 17.5 Å². The van der Waals surface area contributed by atoms with Gasteiger partial charge in [0.15, 0.2) is 11.6 Å². The van der Waals surface area contributed by atoms with E-state index in [9.17, 15) is 13.6 Å². The molecule has 0 atom stereocenters. The zero-order valence-electron chi connectivity index (χ0n) is 11.6. The average Bonchev–Trinajstić information content (AvgIpc) is 3.17. The Labute approximate surface area is 133 Å². The highest BCUT2D eigenvalue weighted by atomic mass is 32.1. The van der Waals surface area contributed by atoms with Crippen LogP contribution in [0.1, 0.15) is 16.1 Å². The Morgan fingerprint density at radius 3 is 2.87 bits per heavy atom. The third-order valence-corrected chi connectivity index (χ3v) is 3.82. The first kappa shape index (κ1) is 15.2. The molecule has 0 fully saturated rings. The second-order valence-corrected chi connectivity index (χ2v) is 5.46. The molecule has 0 unspecified atom stereocenters. The molecule has 1 aromatic carbocycles. The second kappa shape index (κ2) is 6.17. The van der Waals surface area contributed by atoms with Crippen LogP contribution in [0.2, 0.25) is 0 Å². The number of nitrogens with zero attached hydrogens (tertiary/aromatic N) is 1. The van der Waals surface area contributed by atoms with Crippen LogP contribution in [0.5, 0.6) is 5.75 Å². The molecule has 0 aliphatic heterocycles. The first-order chi connectivity index (χ1) is 11.1. The van der Waals surface area contributed by atoms with Crippen molar-refractivity contribution in [3.63, 3.8) is 0 Å². The number of thiophene rings is 1. The number of carbonyl (C=O) groups is 1. The predicted molar refractivity (Wildman–Crippen MR) is 79.0 cm³/mol. The number of rotatable bonds is 5. The number of amides is 1. The van der Waals surface area contributed by atoms with Crippen molar-refractivity contribution in [3.05, 3.63) is 58.8 Å². The standard InChI is InChI=1S/C15H10F2N2O3S/c16-9-3-4-10(13(17)12(9)14(18)20)21-6-8-7-22-15(19-8)11-2-1-5-23-11/h1-5,7H,6H2,(H2,18,20). The van der Waals surface area contributed by atoms with Crippen molar-refractivity contribution in [2.75, 3.05) is 0 Å². The summed E-state index contributed by atoms with van der Waals surface area (Å²) >= 11 is 1.46. The van der Waals surface area contributed by atoms with E-state index in [0.717, 1.165) is 17.0 Å². The van der Waals surface area contributed by atoms with Crippen LogP contribution in [0, 0.1) is 11.6 Å². The number of aromatic nitrogens is 1. The summed E-state index contributed by atoms with van der Waals surface area (Å²) in [5, 5.41) is 1.88. The molecule has 5 nitrogen and oxygen atoms in total. The third kappa shape index (κ3) is 3.07. The van der Waals surface area contributed by atoms with Crippen molar-refractivity contribution in [3.8, 4) is 16.5 Å². The first-order valence-corrected chi connectivity index (χ1v) is 7.33. The molecule has 0 spiro atoms. The van der Waals surface area contributed by atoms with Gasteiger partial charge in [0, 0.05) is 0 Å². The third-order valence-electron chi connectivity index (χ3n) is 2.96. The topological polar surface area (TPSA) is 78.4 Å². The Bertz CT molecular complexity index is 847. The summed E-state index contributed by atoms with van der Waals surface area (Å²) in [5.74, 6) is -3.24. The van der Waals surface area contributed by atoms with Gasteiger partial charge in [-0.3, -0.25) is 4.79 Å². The summed E-state index contributed by atoms with van der Waals surface area (Å²) in [4.78, 5) is 16.1. The molecule has 0 aliphatic rings. The fraction of sp³-hybridized carbons (Fsp3) is 0.0667. The number of hydrogen-bond acceptors (Lipinski definition) is 5. The molecule has 2 heterocycles. The van der Waals surface area contributed by atoms with E-state index >= 15 is 0 Å².